The number of aromatic nitrogens is 2. The highest BCUT2D eigenvalue weighted by Gasteiger charge is 2.11. The molecule has 3 rings (SSSR count). The second kappa shape index (κ2) is 11.6. The molecule has 0 saturated heterocycles. The molecule has 0 unspecified atom stereocenters. The average molecular weight is 472 g/mol. The van der Waals surface area contributed by atoms with Gasteiger partial charge in [0.25, 0.3) is 0 Å². The van der Waals surface area contributed by atoms with Crippen LogP contribution < -0.4 is 9.47 Å². The van der Waals surface area contributed by atoms with E-state index in [1.165, 1.54) is 0 Å². The normalized spacial score (nSPS) is 10.9. The van der Waals surface area contributed by atoms with Crippen LogP contribution in [0.4, 0.5) is 0 Å². The Balaban J connectivity index is 1.51. The molecule has 0 atom stereocenters. The lowest BCUT2D eigenvalue weighted by Crippen LogP contribution is -2.02. The largest absolute Gasteiger partial charge is 0.494 e. The highest BCUT2D eigenvalue weighted by Crippen LogP contribution is 2.39. The molecular formula is C21H21Cl3N2O2S. The fourth-order valence-corrected chi connectivity index (χ4v) is 4.29. The summed E-state index contributed by atoms with van der Waals surface area (Å²) in [4.78, 5) is 6.04. The van der Waals surface area contributed by atoms with Crippen LogP contribution in [0.25, 0.3) is 0 Å². The van der Waals surface area contributed by atoms with Crippen LogP contribution in [0.1, 0.15) is 12.8 Å². The number of alkyl halides is 1. The Kier molecular flexibility index (Phi) is 8.87. The maximum atomic E-state index is 6.33. The van der Waals surface area contributed by atoms with Crippen LogP contribution in [0.5, 0.6) is 11.5 Å². The minimum absolute atomic E-state index is 0.485. The molecule has 0 fully saturated rings. The summed E-state index contributed by atoms with van der Waals surface area (Å²) in [5, 5.41) is 0.986. The fourth-order valence-electron chi connectivity index (χ4n) is 2.56. The van der Waals surface area contributed by atoms with Crippen molar-refractivity contribution in [3.05, 3.63) is 65.2 Å². The predicted octanol–water partition coefficient (Wildman–Crippen LogP) is 6.82. The molecule has 4 nitrogen and oxygen atoms in total. The quantitative estimate of drug-likeness (QED) is 0.227. The molecule has 0 bridgehead atoms. The highest BCUT2D eigenvalue weighted by molar-refractivity contribution is 7.99. The number of ether oxygens (including phenoxy) is 2. The number of rotatable bonds is 11. The first kappa shape index (κ1) is 22.2. The first-order valence-corrected chi connectivity index (χ1v) is 11.3. The molecule has 0 radical (unpaired) electrons. The smallest absolute Gasteiger partial charge is 0.156 e. The van der Waals surface area contributed by atoms with E-state index in [0.29, 0.717) is 34.9 Å². The van der Waals surface area contributed by atoms with Crippen molar-refractivity contribution in [2.45, 2.75) is 29.2 Å². The Morgan fingerprint density at radius 1 is 0.931 bits per heavy atom. The second-order valence-electron chi connectivity index (χ2n) is 6.18. The van der Waals surface area contributed by atoms with E-state index >= 15 is 0 Å². The van der Waals surface area contributed by atoms with E-state index < -0.39 is 0 Å². The van der Waals surface area contributed by atoms with Gasteiger partial charge in [-0.2, -0.15) is 0 Å². The molecule has 2 aromatic carbocycles. The van der Waals surface area contributed by atoms with E-state index in [9.17, 15) is 0 Å². The zero-order valence-electron chi connectivity index (χ0n) is 15.7. The summed E-state index contributed by atoms with van der Waals surface area (Å²) in [5.41, 5.74) is 0. The number of imidazole rings is 1. The summed E-state index contributed by atoms with van der Waals surface area (Å²) in [6, 6.07) is 11.7. The molecule has 1 aromatic heterocycles. The van der Waals surface area contributed by atoms with Crippen LogP contribution in [0, 0.1) is 0 Å². The van der Waals surface area contributed by atoms with Crippen molar-refractivity contribution in [3.8, 4) is 11.5 Å². The summed E-state index contributed by atoms with van der Waals surface area (Å²) in [5.74, 6) is 1.88. The Labute approximate surface area is 190 Å². The summed E-state index contributed by atoms with van der Waals surface area (Å²) in [6.07, 6.45) is 7.19. The molecule has 0 amide bonds. The molecule has 0 aliphatic heterocycles. The molecule has 0 N–H and O–H groups in total. The van der Waals surface area contributed by atoms with E-state index in [1.807, 2.05) is 53.5 Å². The van der Waals surface area contributed by atoms with Crippen LogP contribution in [-0.4, -0.2) is 28.6 Å². The lowest BCUT2D eigenvalue weighted by Gasteiger charge is -2.11. The number of aryl methyl sites for hydroxylation is 1. The third-order valence-electron chi connectivity index (χ3n) is 3.94. The molecule has 1 heterocycles. The van der Waals surface area contributed by atoms with Gasteiger partial charge in [0.2, 0.25) is 0 Å². The van der Waals surface area contributed by atoms with Crippen LogP contribution in [0.2, 0.25) is 10.0 Å². The molecule has 0 spiro atoms. The number of halogens is 3. The lowest BCUT2D eigenvalue weighted by molar-refractivity contribution is 0.301. The van der Waals surface area contributed by atoms with Gasteiger partial charge in [0, 0.05) is 34.6 Å². The molecule has 0 aliphatic rings. The van der Waals surface area contributed by atoms with E-state index in [-0.39, 0.29) is 0 Å². The Morgan fingerprint density at radius 2 is 1.66 bits per heavy atom. The Morgan fingerprint density at radius 3 is 2.31 bits per heavy atom. The second-order valence-corrected chi connectivity index (χ2v) is 8.52. The van der Waals surface area contributed by atoms with Gasteiger partial charge in [0.15, 0.2) is 5.75 Å². The van der Waals surface area contributed by atoms with E-state index in [0.717, 1.165) is 34.9 Å². The highest BCUT2D eigenvalue weighted by atomic mass is 35.5. The first-order chi connectivity index (χ1) is 14.2. The lowest BCUT2D eigenvalue weighted by atomic mass is 10.3. The van der Waals surface area contributed by atoms with Crippen molar-refractivity contribution >= 4 is 46.6 Å². The maximum absolute atomic E-state index is 6.33. The Hall–Kier alpha value is -1.53. The third kappa shape index (κ3) is 7.03. The van der Waals surface area contributed by atoms with Gasteiger partial charge in [-0.3, -0.25) is 0 Å². The number of nitrogens with zero attached hydrogens (tertiary/aromatic N) is 2. The topological polar surface area (TPSA) is 36.3 Å². The molecule has 29 heavy (non-hydrogen) atoms. The van der Waals surface area contributed by atoms with E-state index in [1.54, 1.807) is 18.0 Å². The predicted molar refractivity (Wildman–Crippen MR) is 120 cm³/mol. The Bertz CT molecular complexity index is 866. The SMILES string of the molecule is ClCCCOc1c(Cl)cc(Sc2ccc(OCCCn3ccnc3)cc2)cc1Cl. The van der Waals surface area contributed by atoms with Gasteiger partial charge < -0.3 is 14.0 Å². The summed E-state index contributed by atoms with van der Waals surface area (Å²) in [6.45, 7) is 2.03. The zero-order valence-corrected chi connectivity index (χ0v) is 18.8. The summed E-state index contributed by atoms with van der Waals surface area (Å²) >= 11 is 19.9. The molecular weight excluding hydrogens is 451 g/mol. The van der Waals surface area contributed by atoms with Crippen molar-refractivity contribution in [3.63, 3.8) is 0 Å². The average Bonchev–Trinajstić information content (AvgIpc) is 3.22. The van der Waals surface area contributed by atoms with Crippen molar-refractivity contribution in [2.75, 3.05) is 19.1 Å². The van der Waals surface area contributed by atoms with Gasteiger partial charge in [-0.15, -0.1) is 11.6 Å². The number of hydrogen-bond acceptors (Lipinski definition) is 4. The van der Waals surface area contributed by atoms with Crippen molar-refractivity contribution in [2.24, 2.45) is 0 Å². The number of hydrogen-bond donors (Lipinski definition) is 0. The van der Waals surface area contributed by atoms with Crippen molar-refractivity contribution in [1.29, 1.82) is 0 Å². The maximum Gasteiger partial charge on any atom is 0.156 e. The van der Waals surface area contributed by atoms with Crippen LogP contribution >= 0.6 is 46.6 Å². The molecule has 154 valence electrons. The zero-order chi connectivity index (χ0) is 20.5. The number of benzene rings is 2. The van der Waals surface area contributed by atoms with Gasteiger partial charge >= 0.3 is 0 Å². The molecule has 3 aromatic rings. The standard InChI is InChI=1S/C21H21Cl3N2O2S/c22-7-1-11-28-21-19(23)13-18(14-20(21)24)29-17-5-3-16(4-6-17)27-12-2-9-26-10-8-25-15-26/h3-6,8,10,13-15H,1-2,7,9,11-12H2. The summed E-state index contributed by atoms with van der Waals surface area (Å²) < 4.78 is 13.5. The van der Waals surface area contributed by atoms with Crippen LogP contribution in [-0.2, 0) is 6.54 Å². The fraction of sp³-hybridized carbons (Fsp3) is 0.286. The molecule has 0 aliphatic carbocycles. The van der Waals surface area contributed by atoms with Crippen LogP contribution in [0.15, 0.2) is 64.9 Å². The van der Waals surface area contributed by atoms with Crippen molar-refractivity contribution < 1.29 is 9.47 Å². The van der Waals surface area contributed by atoms with E-state index in [4.69, 9.17) is 44.3 Å². The van der Waals surface area contributed by atoms with Crippen LogP contribution in [0.3, 0.4) is 0 Å². The van der Waals surface area contributed by atoms with Gasteiger partial charge in [-0.05, 0) is 49.2 Å². The van der Waals surface area contributed by atoms with Gasteiger partial charge in [-0.25, -0.2) is 4.98 Å². The molecule has 0 saturated carbocycles. The van der Waals surface area contributed by atoms with Gasteiger partial charge in [0.1, 0.15) is 5.75 Å². The minimum Gasteiger partial charge on any atom is -0.494 e. The van der Waals surface area contributed by atoms with Gasteiger partial charge in [0.05, 0.1) is 29.6 Å². The minimum atomic E-state index is 0.485. The monoisotopic (exact) mass is 470 g/mol. The van der Waals surface area contributed by atoms with E-state index in [2.05, 4.69) is 4.98 Å². The van der Waals surface area contributed by atoms with Crippen molar-refractivity contribution in [1.82, 2.24) is 9.55 Å². The summed E-state index contributed by atoms with van der Waals surface area (Å²) in [7, 11) is 0. The van der Waals surface area contributed by atoms with Gasteiger partial charge in [-0.1, -0.05) is 35.0 Å². The third-order valence-corrected chi connectivity index (χ3v) is 5.75. The first-order valence-electron chi connectivity index (χ1n) is 9.20. The molecule has 8 heteroatoms.